The van der Waals surface area contributed by atoms with Crippen molar-refractivity contribution in [1.29, 1.82) is 0 Å². The lowest BCUT2D eigenvalue weighted by molar-refractivity contribution is -0.895. The van der Waals surface area contributed by atoms with E-state index in [2.05, 4.69) is 6.58 Å². The summed E-state index contributed by atoms with van der Waals surface area (Å²) in [4.78, 5) is 21.5. The van der Waals surface area contributed by atoms with E-state index in [1.54, 1.807) is 6.92 Å². The molecule has 0 spiro atoms. The predicted molar refractivity (Wildman–Crippen MR) is 47.7 cm³/mol. The number of quaternary nitrogens is 1. The Bertz CT molecular complexity index is 197. The third-order valence-electron chi connectivity index (χ3n) is 2.21. The van der Waals surface area contributed by atoms with Crippen LogP contribution in [0, 0.1) is 0 Å². The Kier molecular flexibility index (Phi) is 3.83. The van der Waals surface area contributed by atoms with Crippen LogP contribution in [0.15, 0.2) is 12.7 Å². The zero-order chi connectivity index (χ0) is 9.78. The van der Waals surface area contributed by atoms with Crippen molar-refractivity contribution in [2.75, 3.05) is 20.6 Å². The summed E-state index contributed by atoms with van der Waals surface area (Å²) in [6.07, 6.45) is 2.13. The highest BCUT2D eigenvalue weighted by Gasteiger charge is 2.27. The Labute approximate surface area is 73.3 Å². The Morgan fingerprint density at radius 1 is 1.58 bits per heavy atom. The van der Waals surface area contributed by atoms with E-state index in [0.717, 1.165) is 6.29 Å². The minimum absolute atomic E-state index is 0.0261. The highest BCUT2D eigenvalue weighted by atomic mass is 16.1. The van der Waals surface area contributed by atoms with E-state index in [0.29, 0.717) is 11.0 Å². The molecule has 0 aromatic heterocycles. The molecule has 0 heterocycles. The summed E-state index contributed by atoms with van der Waals surface area (Å²) < 4.78 is 0.383. The monoisotopic (exact) mass is 170 g/mol. The van der Waals surface area contributed by atoms with Crippen LogP contribution in [-0.2, 0) is 9.59 Å². The second kappa shape index (κ2) is 4.16. The molecule has 0 bridgehead atoms. The summed E-state index contributed by atoms with van der Waals surface area (Å²) in [5.41, 5.74) is 0. The fourth-order valence-electron chi connectivity index (χ4n) is 0.865. The third-order valence-corrected chi connectivity index (χ3v) is 2.21. The summed E-state index contributed by atoms with van der Waals surface area (Å²) in [6, 6.07) is -0.201. The van der Waals surface area contributed by atoms with Crippen molar-refractivity contribution in [1.82, 2.24) is 0 Å². The first-order valence-corrected chi connectivity index (χ1v) is 3.88. The number of aldehydes is 1. The molecule has 0 radical (unpaired) electrons. The topological polar surface area (TPSA) is 34.1 Å². The van der Waals surface area contributed by atoms with Crippen LogP contribution < -0.4 is 0 Å². The molecule has 0 rings (SSSR count). The predicted octanol–water partition coefficient (Wildman–Crippen LogP) is 0.405. The molecule has 68 valence electrons. The number of hydrogen-bond donors (Lipinski definition) is 0. The highest BCUT2D eigenvalue weighted by molar-refractivity contribution is 5.92. The average Bonchev–Trinajstić information content (AvgIpc) is 2.01. The van der Waals surface area contributed by atoms with Crippen LogP contribution in [0.4, 0.5) is 0 Å². The second-order valence-corrected chi connectivity index (χ2v) is 3.41. The van der Waals surface area contributed by atoms with Gasteiger partial charge in [-0.1, -0.05) is 6.58 Å². The maximum Gasteiger partial charge on any atom is 0.211 e. The normalized spacial score (nSPS) is 13.6. The second-order valence-electron chi connectivity index (χ2n) is 3.41. The largest absolute Gasteiger partial charge is 0.314 e. The molecule has 0 aromatic rings. The molecule has 1 atom stereocenters. The Hall–Kier alpha value is -0.960. The summed E-state index contributed by atoms with van der Waals surface area (Å²) >= 11 is 0. The number of hydrogen-bond acceptors (Lipinski definition) is 2. The number of rotatable bonds is 5. The minimum atomic E-state index is -0.201. The number of carbonyl (C=O) groups excluding carboxylic acids is 2. The van der Waals surface area contributed by atoms with Crippen molar-refractivity contribution in [2.24, 2.45) is 0 Å². The van der Waals surface area contributed by atoms with Gasteiger partial charge in [0.2, 0.25) is 5.78 Å². The molecule has 1 unspecified atom stereocenters. The first-order chi connectivity index (χ1) is 5.45. The number of nitrogens with zero attached hydrogens (tertiary/aromatic N) is 1. The first-order valence-electron chi connectivity index (χ1n) is 3.88. The molecular formula is C9H16NO2+. The number of ketones is 1. The van der Waals surface area contributed by atoms with Gasteiger partial charge in [-0.15, -0.1) is 0 Å². The molecule has 3 heteroatoms. The van der Waals surface area contributed by atoms with Gasteiger partial charge in [0.15, 0.2) is 6.29 Å². The van der Waals surface area contributed by atoms with E-state index in [1.165, 1.54) is 6.08 Å². The highest BCUT2D eigenvalue weighted by Crippen LogP contribution is 2.06. The quantitative estimate of drug-likeness (QED) is 0.340. The Morgan fingerprint density at radius 3 is 2.42 bits per heavy atom. The summed E-state index contributed by atoms with van der Waals surface area (Å²) in [5.74, 6) is -0.0261. The number of carbonyl (C=O) groups is 2. The molecule has 0 amide bonds. The summed E-state index contributed by atoms with van der Waals surface area (Å²) in [7, 11) is 3.70. The molecule has 0 fully saturated rings. The summed E-state index contributed by atoms with van der Waals surface area (Å²) in [5, 5.41) is 0. The van der Waals surface area contributed by atoms with Gasteiger partial charge >= 0.3 is 0 Å². The van der Waals surface area contributed by atoms with Crippen molar-refractivity contribution in [3.63, 3.8) is 0 Å². The molecular weight excluding hydrogens is 154 g/mol. The van der Waals surface area contributed by atoms with Crippen molar-refractivity contribution >= 4 is 12.1 Å². The lowest BCUT2D eigenvalue weighted by Crippen LogP contribution is -2.51. The fourth-order valence-corrected chi connectivity index (χ4v) is 0.865. The van der Waals surface area contributed by atoms with Crippen LogP contribution in [0.25, 0.3) is 0 Å². The first kappa shape index (κ1) is 11.0. The van der Waals surface area contributed by atoms with E-state index in [9.17, 15) is 9.59 Å². The SMILES string of the molecule is C=CC(=O)C(C)[N+](C)(C)CC=O. The standard InChI is InChI=1S/C9H16NO2/c1-5-9(12)8(2)10(3,4)6-7-11/h5,7-8H,1,6H2,2-4H3/q+1. The molecule has 0 saturated heterocycles. The van der Waals surface area contributed by atoms with Crippen LogP contribution in [0.5, 0.6) is 0 Å². The molecule has 3 nitrogen and oxygen atoms in total. The van der Waals surface area contributed by atoms with Gasteiger partial charge < -0.3 is 4.48 Å². The van der Waals surface area contributed by atoms with Gasteiger partial charge in [-0.25, -0.2) is 0 Å². The van der Waals surface area contributed by atoms with E-state index >= 15 is 0 Å². The van der Waals surface area contributed by atoms with Gasteiger partial charge in [0, 0.05) is 0 Å². The van der Waals surface area contributed by atoms with Crippen molar-refractivity contribution in [2.45, 2.75) is 13.0 Å². The van der Waals surface area contributed by atoms with Gasteiger partial charge in [-0.2, -0.15) is 0 Å². The number of likely N-dealkylation sites (N-methyl/N-ethyl adjacent to an activating group) is 1. The minimum Gasteiger partial charge on any atom is -0.314 e. The lowest BCUT2D eigenvalue weighted by Gasteiger charge is -2.32. The smallest absolute Gasteiger partial charge is 0.211 e. The fraction of sp³-hybridized carbons (Fsp3) is 0.556. The van der Waals surface area contributed by atoms with E-state index in [4.69, 9.17) is 0 Å². The van der Waals surface area contributed by atoms with E-state index in [-0.39, 0.29) is 11.8 Å². The molecule has 0 aliphatic rings. The maximum atomic E-state index is 11.2. The van der Waals surface area contributed by atoms with Gasteiger partial charge in [-0.05, 0) is 13.0 Å². The maximum absolute atomic E-state index is 11.2. The molecule has 0 aromatic carbocycles. The van der Waals surface area contributed by atoms with Crippen molar-refractivity contribution in [3.05, 3.63) is 12.7 Å². The lowest BCUT2D eigenvalue weighted by atomic mass is 10.1. The van der Waals surface area contributed by atoms with Gasteiger partial charge in [0.05, 0.1) is 14.1 Å². The molecule has 12 heavy (non-hydrogen) atoms. The van der Waals surface area contributed by atoms with Crippen LogP contribution in [0.2, 0.25) is 0 Å². The van der Waals surface area contributed by atoms with Gasteiger partial charge in [-0.3, -0.25) is 9.59 Å². The van der Waals surface area contributed by atoms with Crippen molar-refractivity contribution < 1.29 is 14.1 Å². The van der Waals surface area contributed by atoms with E-state index < -0.39 is 0 Å². The van der Waals surface area contributed by atoms with Crippen LogP contribution in [-0.4, -0.2) is 43.2 Å². The zero-order valence-corrected chi connectivity index (χ0v) is 7.91. The molecule has 0 aliphatic heterocycles. The average molecular weight is 170 g/mol. The summed E-state index contributed by atoms with van der Waals surface area (Å²) in [6.45, 7) is 5.55. The zero-order valence-electron chi connectivity index (χ0n) is 7.91. The van der Waals surface area contributed by atoms with Crippen LogP contribution in [0.3, 0.4) is 0 Å². The molecule has 0 saturated carbocycles. The van der Waals surface area contributed by atoms with Gasteiger partial charge in [0.1, 0.15) is 12.6 Å². The van der Waals surface area contributed by atoms with Crippen molar-refractivity contribution in [3.8, 4) is 0 Å². The van der Waals surface area contributed by atoms with Gasteiger partial charge in [0.25, 0.3) is 0 Å². The molecule has 0 aliphatic carbocycles. The van der Waals surface area contributed by atoms with Crippen LogP contribution >= 0.6 is 0 Å². The van der Waals surface area contributed by atoms with E-state index in [1.807, 2.05) is 14.1 Å². The van der Waals surface area contributed by atoms with Crippen LogP contribution in [0.1, 0.15) is 6.92 Å². The molecule has 0 N–H and O–H groups in total. The Balaban J connectivity index is 4.42. The third kappa shape index (κ3) is 2.58. The Morgan fingerprint density at radius 2 is 2.08 bits per heavy atom.